The number of amides is 1. The number of hydrogen-bond donors (Lipinski definition) is 1. The molecule has 1 aliphatic heterocycles. The van der Waals surface area contributed by atoms with Crippen molar-refractivity contribution in [2.24, 2.45) is 11.7 Å². The van der Waals surface area contributed by atoms with Crippen molar-refractivity contribution >= 4 is 11.7 Å². The highest BCUT2D eigenvalue weighted by Gasteiger charge is 2.29. The molecule has 0 aliphatic carbocycles. The van der Waals surface area contributed by atoms with Crippen LogP contribution in [0.3, 0.4) is 0 Å². The molecule has 4 heteroatoms. The summed E-state index contributed by atoms with van der Waals surface area (Å²) >= 11 is 0. The molecular formula is C15H20N2O2. The molecule has 1 aliphatic rings. The fraction of sp³-hybridized carbons (Fsp3) is 0.467. The van der Waals surface area contributed by atoms with Crippen molar-refractivity contribution in [2.75, 3.05) is 13.1 Å². The van der Waals surface area contributed by atoms with Gasteiger partial charge in [0.25, 0.3) is 0 Å². The standard InChI is InChI=1S/C15H20N2O2/c1-11-7-8-13(15(16)19)9-17(11)10-14(18)12-5-3-2-4-6-12/h2-6,11,13H,7-10H2,1H3,(H2,16,19). The number of carbonyl (C=O) groups excluding carboxylic acids is 2. The summed E-state index contributed by atoms with van der Waals surface area (Å²) in [6.07, 6.45) is 1.74. The Hall–Kier alpha value is -1.68. The molecule has 0 spiro atoms. The molecule has 2 N–H and O–H groups in total. The summed E-state index contributed by atoms with van der Waals surface area (Å²) in [7, 11) is 0. The number of nitrogens with zero attached hydrogens (tertiary/aromatic N) is 1. The molecule has 0 bridgehead atoms. The minimum atomic E-state index is -0.260. The van der Waals surface area contributed by atoms with Gasteiger partial charge in [-0.25, -0.2) is 0 Å². The Labute approximate surface area is 113 Å². The average molecular weight is 260 g/mol. The van der Waals surface area contributed by atoms with Gasteiger partial charge in [-0.2, -0.15) is 0 Å². The van der Waals surface area contributed by atoms with E-state index in [9.17, 15) is 9.59 Å². The number of benzene rings is 1. The van der Waals surface area contributed by atoms with Crippen LogP contribution < -0.4 is 5.73 Å². The highest BCUT2D eigenvalue weighted by Crippen LogP contribution is 2.21. The van der Waals surface area contributed by atoms with E-state index in [0.29, 0.717) is 19.1 Å². The van der Waals surface area contributed by atoms with Gasteiger partial charge in [0.2, 0.25) is 5.91 Å². The number of carbonyl (C=O) groups is 2. The highest BCUT2D eigenvalue weighted by atomic mass is 16.1. The van der Waals surface area contributed by atoms with E-state index in [-0.39, 0.29) is 17.6 Å². The van der Waals surface area contributed by atoms with Crippen molar-refractivity contribution in [1.82, 2.24) is 4.90 Å². The summed E-state index contributed by atoms with van der Waals surface area (Å²) in [5.41, 5.74) is 6.08. The summed E-state index contributed by atoms with van der Waals surface area (Å²) < 4.78 is 0. The molecule has 1 saturated heterocycles. The molecular weight excluding hydrogens is 240 g/mol. The Balaban J connectivity index is 2.01. The molecule has 2 atom stereocenters. The summed E-state index contributed by atoms with van der Waals surface area (Å²) in [6.45, 7) is 3.04. The van der Waals surface area contributed by atoms with Gasteiger partial charge in [-0.05, 0) is 19.8 Å². The molecule has 1 aromatic carbocycles. The van der Waals surface area contributed by atoms with E-state index in [2.05, 4.69) is 11.8 Å². The minimum Gasteiger partial charge on any atom is -0.369 e. The maximum absolute atomic E-state index is 12.2. The fourth-order valence-corrected chi connectivity index (χ4v) is 2.53. The van der Waals surface area contributed by atoms with Crippen molar-refractivity contribution in [3.05, 3.63) is 35.9 Å². The fourth-order valence-electron chi connectivity index (χ4n) is 2.53. The zero-order valence-electron chi connectivity index (χ0n) is 11.2. The second kappa shape index (κ2) is 5.97. The number of hydrogen-bond acceptors (Lipinski definition) is 3. The normalized spacial score (nSPS) is 24.1. The van der Waals surface area contributed by atoms with Crippen molar-refractivity contribution < 1.29 is 9.59 Å². The van der Waals surface area contributed by atoms with Gasteiger partial charge in [0.1, 0.15) is 0 Å². The number of nitrogens with two attached hydrogens (primary N) is 1. The average Bonchev–Trinajstić information content (AvgIpc) is 2.42. The number of Topliss-reactive ketones (excluding diaryl/α,β-unsaturated/α-hetero) is 1. The molecule has 1 amide bonds. The van der Waals surface area contributed by atoms with Gasteiger partial charge in [-0.1, -0.05) is 30.3 Å². The van der Waals surface area contributed by atoms with Gasteiger partial charge < -0.3 is 5.73 Å². The second-order valence-electron chi connectivity index (χ2n) is 5.24. The van der Waals surface area contributed by atoms with Gasteiger partial charge in [0.15, 0.2) is 5.78 Å². The number of piperidine rings is 1. The van der Waals surface area contributed by atoms with Crippen LogP contribution in [0.1, 0.15) is 30.1 Å². The van der Waals surface area contributed by atoms with Gasteiger partial charge in [0.05, 0.1) is 12.5 Å². The first kappa shape index (κ1) is 13.7. The van der Waals surface area contributed by atoms with E-state index < -0.39 is 0 Å². The largest absolute Gasteiger partial charge is 0.369 e. The molecule has 102 valence electrons. The molecule has 0 saturated carbocycles. The van der Waals surface area contributed by atoms with Gasteiger partial charge in [-0.3, -0.25) is 14.5 Å². The molecule has 2 rings (SSSR count). The SMILES string of the molecule is CC1CCC(C(N)=O)CN1CC(=O)c1ccccc1. The van der Waals surface area contributed by atoms with Crippen LogP contribution in [0.5, 0.6) is 0 Å². The topological polar surface area (TPSA) is 63.4 Å². The lowest BCUT2D eigenvalue weighted by molar-refractivity contribution is -0.123. The van der Waals surface area contributed by atoms with Gasteiger partial charge in [0, 0.05) is 18.2 Å². The molecule has 0 aromatic heterocycles. The monoisotopic (exact) mass is 260 g/mol. The Bertz CT molecular complexity index is 458. The van der Waals surface area contributed by atoms with Crippen molar-refractivity contribution in [3.63, 3.8) is 0 Å². The number of rotatable bonds is 4. The lowest BCUT2D eigenvalue weighted by Gasteiger charge is -2.36. The van der Waals surface area contributed by atoms with E-state index in [1.165, 1.54) is 0 Å². The van der Waals surface area contributed by atoms with Crippen LogP contribution in [-0.4, -0.2) is 35.7 Å². The van der Waals surface area contributed by atoms with E-state index in [1.807, 2.05) is 30.3 Å². The number of primary amides is 1. The van der Waals surface area contributed by atoms with E-state index in [0.717, 1.165) is 18.4 Å². The van der Waals surface area contributed by atoms with Crippen molar-refractivity contribution in [2.45, 2.75) is 25.8 Å². The lowest BCUT2D eigenvalue weighted by Crippen LogP contribution is -2.47. The van der Waals surface area contributed by atoms with Crippen LogP contribution in [-0.2, 0) is 4.79 Å². The Morgan fingerprint density at radius 3 is 2.58 bits per heavy atom. The first-order valence-corrected chi connectivity index (χ1v) is 6.69. The predicted molar refractivity (Wildman–Crippen MR) is 73.7 cm³/mol. The van der Waals surface area contributed by atoms with Crippen LogP contribution in [0.15, 0.2) is 30.3 Å². The Morgan fingerprint density at radius 1 is 1.26 bits per heavy atom. The second-order valence-corrected chi connectivity index (χ2v) is 5.24. The van der Waals surface area contributed by atoms with Crippen molar-refractivity contribution in [1.29, 1.82) is 0 Å². The maximum Gasteiger partial charge on any atom is 0.221 e. The summed E-state index contributed by atoms with van der Waals surface area (Å²) in [6, 6.07) is 9.58. The molecule has 1 aromatic rings. The van der Waals surface area contributed by atoms with E-state index >= 15 is 0 Å². The number of likely N-dealkylation sites (tertiary alicyclic amines) is 1. The summed E-state index contributed by atoms with van der Waals surface area (Å²) in [5, 5.41) is 0. The molecule has 1 heterocycles. The molecule has 1 fully saturated rings. The van der Waals surface area contributed by atoms with E-state index in [4.69, 9.17) is 5.73 Å². The quantitative estimate of drug-likeness (QED) is 0.833. The smallest absolute Gasteiger partial charge is 0.221 e. The lowest BCUT2D eigenvalue weighted by atomic mass is 9.92. The molecule has 4 nitrogen and oxygen atoms in total. The van der Waals surface area contributed by atoms with E-state index in [1.54, 1.807) is 0 Å². The van der Waals surface area contributed by atoms with Crippen LogP contribution >= 0.6 is 0 Å². The van der Waals surface area contributed by atoms with Crippen LogP contribution in [0.25, 0.3) is 0 Å². The number of ketones is 1. The zero-order valence-corrected chi connectivity index (χ0v) is 11.2. The highest BCUT2D eigenvalue weighted by molar-refractivity contribution is 5.97. The van der Waals surface area contributed by atoms with Crippen LogP contribution in [0.2, 0.25) is 0 Å². The van der Waals surface area contributed by atoms with Crippen LogP contribution in [0.4, 0.5) is 0 Å². The van der Waals surface area contributed by atoms with Gasteiger partial charge >= 0.3 is 0 Å². The first-order chi connectivity index (χ1) is 9.08. The summed E-state index contributed by atoms with van der Waals surface area (Å²) in [4.78, 5) is 25.5. The zero-order chi connectivity index (χ0) is 13.8. The third-order valence-electron chi connectivity index (χ3n) is 3.86. The predicted octanol–water partition coefficient (Wildman–Crippen LogP) is 1.46. The molecule has 2 unspecified atom stereocenters. The summed E-state index contributed by atoms with van der Waals surface area (Å²) in [5.74, 6) is -0.290. The first-order valence-electron chi connectivity index (χ1n) is 6.69. The third-order valence-corrected chi connectivity index (χ3v) is 3.86. The third kappa shape index (κ3) is 3.41. The van der Waals surface area contributed by atoms with Crippen molar-refractivity contribution in [3.8, 4) is 0 Å². The van der Waals surface area contributed by atoms with Crippen LogP contribution in [0, 0.1) is 5.92 Å². The minimum absolute atomic E-state index is 0.0950. The molecule has 19 heavy (non-hydrogen) atoms. The Kier molecular flexibility index (Phi) is 4.32. The maximum atomic E-state index is 12.2. The van der Waals surface area contributed by atoms with Gasteiger partial charge in [-0.15, -0.1) is 0 Å². The molecule has 0 radical (unpaired) electrons. The Morgan fingerprint density at radius 2 is 1.95 bits per heavy atom.